The number of benzene rings is 2. The van der Waals surface area contributed by atoms with E-state index in [1.807, 2.05) is 11.3 Å². The Hall–Kier alpha value is -1.94. The Balaban J connectivity index is 1.14. The fraction of sp³-hybridized carbons (Fsp3) is 0.647. The molecule has 4 saturated carbocycles. The summed E-state index contributed by atoms with van der Waals surface area (Å²) < 4.78 is 4.02. The van der Waals surface area contributed by atoms with E-state index in [0.717, 1.165) is 35.5 Å². The zero-order chi connectivity index (χ0) is 25.9. The van der Waals surface area contributed by atoms with Crippen LogP contribution in [-0.2, 0) is 0 Å². The highest BCUT2D eigenvalue weighted by molar-refractivity contribution is 7.21. The summed E-state index contributed by atoms with van der Waals surface area (Å²) in [5.41, 5.74) is 7.15. The molecular weight excluding hydrogens is 482 g/mol. The highest BCUT2D eigenvalue weighted by Crippen LogP contribution is 2.70. The molecule has 4 heteroatoms. The lowest BCUT2D eigenvalue weighted by atomic mass is 9.87. The zero-order valence-corrected chi connectivity index (χ0v) is 24.7. The molecule has 1 aromatic carbocycles. The predicted octanol–water partition coefficient (Wildman–Crippen LogP) is 6.70. The molecule has 3 nitrogen and oxygen atoms in total. The van der Waals surface area contributed by atoms with Gasteiger partial charge in [-0.25, -0.2) is 9.56 Å². The molecule has 198 valence electrons. The van der Waals surface area contributed by atoms with Crippen molar-refractivity contribution in [2.24, 2.45) is 51.8 Å². The lowest BCUT2D eigenvalue weighted by molar-refractivity contribution is 0.434. The summed E-state index contributed by atoms with van der Waals surface area (Å²) in [7, 11) is 0. The van der Waals surface area contributed by atoms with Crippen LogP contribution in [0.15, 0.2) is 30.3 Å². The molecule has 0 N–H and O–H groups in total. The van der Waals surface area contributed by atoms with Crippen LogP contribution in [0.25, 0.3) is 20.8 Å². The first-order valence-electron chi connectivity index (χ1n) is 15.2. The molecule has 9 rings (SSSR count). The summed E-state index contributed by atoms with van der Waals surface area (Å²) in [5, 5.41) is 1.40. The van der Waals surface area contributed by atoms with Gasteiger partial charge in [-0.1, -0.05) is 41.5 Å². The van der Waals surface area contributed by atoms with E-state index in [9.17, 15) is 0 Å². The van der Waals surface area contributed by atoms with Gasteiger partial charge in [0.15, 0.2) is 0 Å². The maximum absolute atomic E-state index is 5.40. The van der Waals surface area contributed by atoms with Gasteiger partial charge >= 0.3 is 0 Å². The molecule has 1 aromatic rings. The van der Waals surface area contributed by atoms with Crippen LogP contribution in [0.3, 0.4) is 0 Å². The first kappa shape index (κ1) is 22.8. The van der Waals surface area contributed by atoms with Gasteiger partial charge in [-0.15, -0.1) is 11.3 Å². The fourth-order valence-electron chi connectivity index (χ4n) is 9.86. The second-order valence-corrected chi connectivity index (χ2v) is 16.9. The molecule has 38 heavy (non-hydrogen) atoms. The van der Waals surface area contributed by atoms with Crippen LogP contribution < -0.4 is 14.8 Å². The molecule has 6 fully saturated rings. The minimum Gasteiger partial charge on any atom is -0.371 e. The second-order valence-electron chi connectivity index (χ2n) is 15.8. The molecule has 6 unspecified atom stereocenters. The molecule has 6 atom stereocenters. The Labute approximate surface area is 231 Å². The normalized spacial score (nSPS) is 38.4. The van der Waals surface area contributed by atoms with Crippen LogP contribution in [0, 0.1) is 51.8 Å². The highest BCUT2D eigenvalue weighted by atomic mass is 32.1. The van der Waals surface area contributed by atoms with Gasteiger partial charge < -0.3 is 4.90 Å². The Morgan fingerprint density at radius 2 is 1.42 bits per heavy atom. The van der Waals surface area contributed by atoms with Crippen molar-refractivity contribution >= 4 is 27.2 Å². The van der Waals surface area contributed by atoms with Crippen LogP contribution in [0.5, 0.6) is 0 Å². The van der Waals surface area contributed by atoms with Crippen molar-refractivity contribution in [3.63, 3.8) is 0 Å². The quantitative estimate of drug-likeness (QED) is 0.274. The van der Waals surface area contributed by atoms with Crippen molar-refractivity contribution in [1.29, 1.82) is 0 Å². The number of hydrogen-bond donors (Lipinski definition) is 0. The standard InChI is InChI=1S/C34H42N3S/c1-32(2)22-9-18(10-23(22)32)21-11-20(37-16-26-27(17-37)34(26,5)6)13-30-31(21)35-28-8-7-19(12-29(28)38-30)36-14-24-25(15-36)33(24,3)4/h7-8,11-13,18,22-27H,9-10,14-17H2,1-6H3/q+1. The average molecular weight is 525 g/mol. The Kier molecular flexibility index (Phi) is 4.12. The van der Waals surface area contributed by atoms with Gasteiger partial charge in [-0.05, 0) is 82.4 Å². The van der Waals surface area contributed by atoms with Crippen LogP contribution >= 0.6 is 11.3 Å². The van der Waals surface area contributed by atoms with Crippen molar-refractivity contribution in [2.45, 2.75) is 60.3 Å². The third kappa shape index (κ3) is 2.91. The van der Waals surface area contributed by atoms with E-state index in [1.54, 1.807) is 5.56 Å². The van der Waals surface area contributed by atoms with Gasteiger partial charge in [-0.3, -0.25) is 0 Å². The number of anilines is 1. The topological polar surface area (TPSA) is 19.1 Å². The molecule has 8 aliphatic rings. The number of hydrogen-bond acceptors (Lipinski definition) is 3. The molecule has 0 spiro atoms. The van der Waals surface area contributed by atoms with E-state index in [0.29, 0.717) is 22.2 Å². The number of rotatable bonds is 2. The third-order valence-electron chi connectivity index (χ3n) is 13.3. The molecule has 0 amide bonds. The van der Waals surface area contributed by atoms with Gasteiger partial charge in [0.25, 0.3) is 0 Å². The van der Waals surface area contributed by atoms with Crippen molar-refractivity contribution in [2.75, 3.05) is 31.1 Å². The summed E-state index contributed by atoms with van der Waals surface area (Å²) in [6.45, 7) is 19.7. The fourth-order valence-corrected chi connectivity index (χ4v) is 10.9. The highest BCUT2D eigenvalue weighted by Gasteiger charge is 2.66. The Morgan fingerprint density at radius 3 is 2.11 bits per heavy atom. The maximum Gasteiger partial charge on any atom is 0.201 e. The molecule has 3 heterocycles. The van der Waals surface area contributed by atoms with Gasteiger partial charge in [-0.2, -0.15) is 0 Å². The second kappa shape index (κ2) is 6.85. The molecule has 2 saturated heterocycles. The third-order valence-corrected chi connectivity index (χ3v) is 14.3. The van der Waals surface area contributed by atoms with Crippen LogP contribution in [0.4, 0.5) is 5.69 Å². The van der Waals surface area contributed by atoms with Gasteiger partial charge in [0.1, 0.15) is 13.1 Å². The minimum atomic E-state index is 0.552. The predicted molar refractivity (Wildman–Crippen MR) is 158 cm³/mol. The molecule has 3 aliphatic heterocycles. The zero-order valence-electron chi connectivity index (χ0n) is 23.9. The van der Waals surface area contributed by atoms with Crippen LogP contribution in [0.1, 0.15) is 65.9 Å². The molecule has 0 radical (unpaired) electrons. The Morgan fingerprint density at radius 1 is 0.789 bits per heavy atom. The van der Waals surface area contributed by atoms with Gasteiger partial charge in [0.2, 0.25) is 5.36 Å². The van der Waals surface area contributed by atoms with Gasteiger partial charge in [0, 0.05) is 42.7 Å². The largest absolute Gasteiger partial charge is 0.371 e. The van der Waals surface area contributed by atoms with E-state index in [4.69, 9.17) is 4.98 Å². The van der Waals surface area contributed by atoms with E-state index in [-0.39, 0.29) is 0 Å². The molecular formula is C34H42N3S+. The first-order chi connectivity index (χ1) is 18.0. The lowest BCUT2D eigenvalue weighted by Crippen LogP contribution is -2.31. The smallest absolute Gasteiger partial charge is 0.201 e. The first-order valence-corrected chi connectivity index (χ1v) is 16.1. The van der Waals surface area contributed by atoms with E-state index in [1.165, 1.54) is 70.9 Å². The summed E-state index contributed by atoms with van der Waals surface area (Å²) in [4.78, 5) is 9.45. The summed E-state index contributed by atoms with van der Waals surface area (Å²) in [6, 6.07) is 12.1. The summed E-state index contributed by atoms with van der Waals surface area (Å²) in [6.07, 6.45) is 2.71. The van der Waals surface area contributed by atoms with Crippen molar-refractivity contribution in [3.8, 4) is 10.6 Å². The van der Waals surface area contributed by atoms with Crippen LogP contribution in [0.2, 0.25) is 0 Å². The number of piperidine rings is 2. The maximum atomic E-state index is 5.40. The SMILES string of the molecule is CC1(C)C2CC(c3cc(N4CC5C(C4)C5(C)C)cc4sc5cc(=[N+]6CC7C(C6)C7(C)C)ccc-5nc34)CC21. The number of aromatic nitrogens is 1. The van der Waals surface area contributed by atoms with E-state index >= 15 is 0 Å². The molecule has 5 aliphatic carbocycles. The summed E-state index contributed by atoms with van der Waals surface area (Å²) in [5.74, 6) is 6.00. The molecule has 0 aromatic heterocycles. The summed E-state index contributed by atoms with van der Waals surface area (Å²) >= 11 is 1.99. The monoisotopic (exact) mass is 524 g/mol. The van der Waals surface area contributed by atoms with Crippen molar-refractivity contribution < 1.29 is 0 Å². The van der Waals surface area contributed by atoms with Crippen molar-refractivity contribution in [1.82, 2.24) is 9.56 Å². The Bertz CT molecular complexity index is 1530. The number of nitrogens with zero attached hydrogens (tertiary/aromatic N) is 3. The number of fused-ring (bicyclic) bond motifs is 5. The lowest BCUT2D eigenvalue weighted by Gasteiger charge is -2.27. The average Bonchev–Trinajstić information content (AvgIpc) is 3.48. The van der Waals surface area contributed by atoms with E-state index in [2.05, 4.69) is 81.3 Å². The van der Waals surface area contributed by atoms with E-state index < -0.39 is 0 Å². The van der Waals surface area contributed by atoms with Crippen LogP contribution in [-0.4, -0.2) is 31.2 Å². The molecule has 0 bridgehead atoms. The van der Waals surface area contributed by atoms with Crippen molar-refractivity contribution in [3.05, 3.63) is 41.3 Å². The van der Waals surface area contributed by atoms with Gasteiger partial charge in [0.05, 0.1) is 20.8 Å². The minimum absolute atomic E-state index is 0.552.